The Kier molecular flexibility index (Phi) is 11.5. The highest BCUT2D eigenvalue weighted by molar-refractivity contribution is 5.86. The van der Waals surface area contributed by atoms with Gasteiger partial charge in [0.25, 0.3) is 0 Å². The number of piperidine rings is 1. The molecule has 1 atom stereocenters. The first-order valence-electron chi connectivity index (χ1n) is 13.9. The Bertz CT molecular complexity index is 1070. The van der Waals surface area contributed by atoms with Gasteiger partial charge in [-0.25, -0.2) is 0 Å². The minimum absolute atomic E-state index is 0. The predicted molar refractivity (Wildman–Crippen MR) is 157 cm³/mol. The first-order valence-corrected chi connectivity index (χ1v) is 13.9. The minimum Gasteiger partial charge on any atom is -0.497 e. The van der Waals surface area contributed by atoms with Gasteiger partial charge in [0, 0.05) is 37.9 Å². The standard InChI is InChI=1S/C30H40N4O3.2ClH/c1-37-26-10-4-9-25(20-26)27(32-28(35)24-7-2-3-8-24)11-16-33-17-12-30(13-18-33)14-19-34(29(30)36)22-23-6-5-15-31-21-23;;/h4-6,9-10,15,20-21,24,27H,2-3,7-8,11-14,16-19,22H2,1H3,(H,32,35);2*1H. The first kappa shape index (κ1) is 31.2. The quantitative estimate of drug-likeness (QED) is 0.445. The lowest BCUT2D eigenvalue weighted by molar-refractivity contribution is -0.139. The van der Waals surface area contributed by atoms with E-state index in [2.05, 4.69) is 21.3 Å². The number of ether oxygens (including phenoxy) is 1. The van der Waals surface area contributed by atoms with E-state index < -0.39 is 0 Å². The average Bonchev–Trinajstić information content (AvgIpc) is 3.58. The van der Waals surface area contributed by atoms with Crippen molar-refractivity contribution >= 4 is 36.6 Å². The van der Waals surface area contributed by atoms with Crippen LogP contribution in [0.5, 0.6) is 5.75 Å². The van der Waals surface area contributed by atoms with Gasteiger partial charge in [0.05, 0.1) is 18.6 Å². The van der Waals surface area contributed by atoms with Crippen molar-refractivity contribution in [3.63, 3.8) is 0 Å². The van der Waals surface area contributed by atoms with Crippen molar-refractivity contribution in [1.29, 1.82) is 0 Å². The summed E-state index contributed by atoms with van der Waals surface area (Å²) in [4.78, 5) is 35.1. The second-order valence-electron chi connectivity index (χ2n) is 11.1. The van der Waals surface area contributed by atoms with Crippen molar-refractivity contribution in [2.75, 3.05) is 33.3 Å². The van der Waals surface area contributed by atoms with Gasteiger partial charge in [-0.05, 0) is 80.9 Å². The van der Waals surface area contributed by atoms with Crippen LogP contribution in [0.4, 0.5) is 0 Å². The zero-order chi connectivity index (χ0) is 25.7. The SMILES string of the molecule is COc1cccc(C(CCN2CCC3(CC2)CCN(Cc2cccnc2)C3=O)NC(=O)C2CCCC2)c1.Cl.Cl. The number of pyridine rings is 1. The molecule has 3 fully saturated rings. The van der Waals surface area contributed by atoms with Crippen LogP contribution in [0.3, 0.4) is 0 Å². The maximum atomic E-state index is 13.4. The number of hydrogen-bond donors (Lipinski definition) is 1. The fourth-order valence-electron chi connectivity index (χ4n) is 6.39. The number of nitrogens with zero attached hydrogens (tertiary/aromatic N) is 3. The summed E-state index contributed by atoms with van der Waals surface area (Å²) < 4.78 is 5.45. The third-order valence-electron chi connectivity index (χ3n) is 8.78. The molecule has 3 aliphatic rings. The molecule has 9 heteroatoms. The number of carbonyl (C=O) groups is 2. The number of benzene rings is 1. The molecule has 1 aliphatic carbocycles. The molecule has 1 unspecified atom stereocenters. The Balaban J connectivity index is 0.00000210. The molecule has 5 rings (SSSR count). The van der Waals surface area contributed by atoms with Crippen LogP contribution >= 0.6 is 24.8 Å². The number of rotatable bonds is 9. The monoisotopic (exact) mass is 576 g/mol. The summed E-state index contributed by atoms with van der Waals surface area (Å²) in [6.45, 7) is 4.23. The summed E-state index contributed by atoms with van der Waals surface area (Å²) in [5, 5.41) is 3.36. The summed E-state index contributed by atoms with van der Waals surface area (Å²) in [7, 11) is 1.68. The van der Waals surface area contributed by atoms with Crippen molar-refractivity contribution in [3.8, 4) is 5.75 Å². The summed E-state index contributed by atoms with van der Waals surface area (Å²) in [5.41, 5.74) is 1.98. The molecule has 39 heavy (non-hydrogen) atoms. The molecule has 1 spiro atoms. The lowest BCUT2D eigenvalue weighted by Gasteiger charge is -2.38. The molecular formula is C30H42Cl2N4O3. The van der Waals surface area contributed by atoms with Crippen LogP contribution in [0.15, 0.2) is 48.8 Å². The van der Waals surface area contributed by atoms with Gasteiger partial charge in [-0.15, -0.1) is 24.8 Å². The van der Waals surface area contributed by atoms with Crippen LogP contribution < -0.4 is 10.1 Å². The number of halogens is 2. The van der Waals surface area contributed by atoms with Gasteiger partial charge in [0.1, 0.15) is 5.75 Å². The highest BCUT2D eigenvalue weighted by Crippen LogP contribution is 2.42. The van der Waals surface area contributed by atoms with E-state index >= 15 is 0 Å². The number of aromatic nitrogens is 1. The maximum absolute atomic E-state index is 13.4. The van der Waals surface area contributed by atoms with E-state index in [4.69, 9.17) is 4.74 Å². The van der Waals surface area contributed by atoms with Crippen molar-refractivity contribution in [2.24, 2.45) is 11.3 Å². The number of hydrogen-bond acceptors (Lipinski definition) is 5. The van der Waals surface area contributed by atoms with Gasteiger partial charge in [-0.1, -0.05) is 31.0 Å². The van der Waals surface area contributed by atoms with Crippen molar-refractivity contribution in [2.45, 2.75) is 64.0 Å². The van der Waals surface area contributed by atoms with E-state index in [-0.39, 0.29) is 48.1 Å². The Labute approximate surface area is 244 Å². The molecule has 0 radical (unpaired) electrons. The van der Waals surface area contributed by atoms with Gasteiger partial charge >= 0.3 is 0 Å². The van der Waals surface area contributed by atoms with Crippen LogP contribution in [0.1, 0.15) is 68.5 Å². The third kappa shape index (κ3) is 7.44. The molecule has 3 heterocycles. The number of amides is 2. The predicted octanol–water partition coefficient (Wildman–Crippen LogP) is 5.19. The van der Waals surface area contributed by atoms with Crippen LogP contribution in [0, 0.1) is 11.3 Å². The summed E-state index contributed by atoms with van der Waals surface area (Å²) >= 11 is 0. The molecule has 1 aromatic carbocycles. The molecule has 7 nitrogen and oxygen atoms in total. The normalized spacial score (nSPS) is 19.8. The zero-order valence-electron chi connectivity index (χ0n) is 22.8. The fraction of sp³-hybridized carbons (Fsp3) is 0.567. The first-order chi connectivity index (χ1) is 18.1. The Morgan fingerprint density at radius 1 is 1.10 bits per heavy atom. The summed E-state index contributed by atoms with van der Waals surface area (Å²) in [6.07, 6.45) is 11.5. The molecule has 1 N–H and O–H groups in total. The largest absolute Gasteiger partial charge is 0.497 e. The van der Waals surface area contributed by atoms with Crippen molar-refractivity contribution in [3.05, 3.63) is 59.9 Å². The maximum Gasteiger partial charge on any atom is 0.229 e. The van der Waals surface area contributed by atoms with Gasteiger partial charge in [-0.2, -0.15) is 0 Å². The van der Waals surface area contributed by atoms with Crippen molar-refractivity contribution in [1.82, 2.24) is 20.1 Å². The molecule has 2 aromatic rings. The van der Waals surface area contributed by atoms with Crippen LogP contribution in [-0.2, 0) is 16.1 Å². The second-order valence-corrected chi connectivity index (χ2v) is 11.1. The van der Waals surface area contributed by atoms with Crippen LogP contribution in [-0.4, -0.2) is 59.9 Å². The number of carbonyl (C=O) groups excluding carboxylic acids is 2. The Hall–Kier alpha value is -2.35. The molecule has 2 aliphatic heterocycles. The lowest BCUT2D eigenvalue weighted by Crippen LogP contribution is -2.45. The molecule has 1 saturated carbocycles. The molecule has 2 amide bonds. The molecule has 1 aromatic heterocycles. The van der Waals surface area contributed by atoms with E-state index in [9.17, 15) is 9.59 Å². The van der Waals surface area contributed by atoms with E-state index in [0.717, 1.165) is 94.4 Å². The Morgan fingerprint density at radius 2 is 1.85 bits per heavy atom. The lowest BCUT2D eigenvalue weighted by atomic mass is 9.77. The minimum atomic E-state index is -0.207. The molecule has 214 valence electrons. The molecular weight excluding hydrogens is 535 g/mol. The highest BCUT2D eigenvalue weighted by atomic mass is 35.5. The topological polar surface area (TPSA) is 74.8 Å². The third-order valence-corrected chi connectivity index (χ3v) is 8.78. The zero-order valence-corrected chi connectivity index (χ0v) is 24.5. The fourth-order valence-corrected chi connectivity index (χ4v) is 6.39. The van der Waals surface area contributed by atoms with E-state index in [1.165, 1.54) is 0 Å². The Morgan fingerprint density at radius 3 is 2.54 bits per heavy atom. The smallest absolute Gasteiger partial charge is 0.229 e. The molecule has 0 bridgehead atoms. The van der Waals surface area contributed by atoms with E-state index in [0.29, 0.717) is 12.5 Å². The number of methoxy groups -OCH3 is 1. The van der Waals surface area contributed by atoms with Crippen molar-refractivity contribution < 1.29 is 14.3 Å². The van der Waals surface area contributed by atoms with Gasteiger partial charge in [0.15, 0.2) is 0 Å². The van der Waals surface area contributed by atoms with Crippen LogP contribution in [0.2, 0.25) is 0 Å². The van der Waals surface area contributed by atoms with Crippen LogP contribution in [0.25, 0.3) is 0 Å². The van der Waals surface area contributed by atoms with Gasteiger partial charge < -0.3 is 19.9 Å². The summed E-state index contributed by atoms with van der Waals surface area (Å²) in [5.74, 6) is 1.46. The van der Waals surface area contributed by atoms with E-state index in [1.54, 1.807) is 13.3 Å². The highest BCUT2D eigenvalue weighted by Gasteiger charge is 2.47. The second kappa shape index (κ2) is 14.3. The average molecular weight is 578 g/mol. The number of nitrogens with one attached hydrogen (secondary N) is 1. The molecule has 2 saturated heterocycles. The van der Waals surface area contributed by atoms with E-state index in [1.807, 2.05) is 41.4 Å². The van der Waals surface area contributed by atoms with Gasteiger partial charge in [-0.3, -0.25) is 14.6 Å². The number of likely N-dealkylation sites (tertiary alicyclic amines) is 2. The van der Waals surface area contributed by atoms with Gasteiger partial charge in [0.2, 0.25) is 11.8 Å². The summed E-state index contributed by atoms with van der Waals surface area (Å²) in [6, 6.07) is 12.0.